The molecule has 0 bridgehead atoms. The van der Waals surface area contributed by atoms with Crippen molar-refractivity contribution < 1.29 is 29.7 Å². The third-order valence-corrected chi connectivity index (χ3v) is 2.40. The van der Waals surface area contributed by atoms with Gasteiger partial charge in [0.25, 0.3) is 0 Å². The molecule has 2 rings (SSSR count). The third-order valence-electron chi connectivity index (χ3n) is 2.40. The van der Waals surface area contributed by atoms with Crippen molar-refractivity contribution in [1.29, 1.82) is 0 Å². The van der Waals surface area contributed by atoms with E-state index < -0.39 is 5.97 Å². The van der Waals surface area contributed by atoms with Gasteiger partial charge in [-0.15, -0.1) is 4.73 Å². The Morgan fingerprint density at radius 1 is 1.00 bits per heavy atom. The molecule has 1 aromatic carbocycles. The first-order valence-corrected chi connectivity index (χ1v) is 5.79. The molecular formula is C13H13NO6. The van der Waals surface area contributed by atoms with Crippen molar-refractivity contribution in [1.82, 2.24) is 4.73 Å². The molecule has 1 heterocycles. The Balaban J connectivity index is 1.80. The molecule has 20 heavy (non-hydrogen) atoms. The van der Waals surface area contributed by atoms with E-state index in [4.69, 9.17) is 14.7 Å². The Morgan fingerprint density at radius 2 is 1.60 bits per heavy atom. The Hall–Kier alpha value is -2.83. The maximum absolute atomic E-state index is 11.5. The molecule has 7 heteroatoms. The van der Waals surface area contributed by atoms with Gasteiger partial charge in [-0.3, -0.25) is 0 Å². The second-order valence-electron chi connectivity index (χ2n) is 3.90. The average Bonchev–Trinajstić information content (AvgIpc) is 2.73. The Bertz CT molecular complexity index is 570. The van der Waals surface area contributed by atoms with Crippen LogP contribution in [0.25, 0.3) is 0 Å². The van der Waals surface area contributed by atoms with E-state index in [0.29, 0.717) is 10.5 Å². The molecule has 0 saturated carbocycles. The quantitative estimate of drug-likeness (QED) is 0.755. The molecule has 0 amide bonds. The molecule has 0 unspecified atom stereocenters. The van der Waals surface area contributed by atoms with Gasteiger partial charge in [0.05, 0.1) is 13.0 Å². The summed E-state index contributed by atoms with van der Waals surface area (Å²) < 4.78 is 5.88. The number of aromatic nitrogens is 1. The summed E-state index contributed by atoms with van der Waals surface area (Å²) >= 11 is 0. The summed E-state index contributed by atoms with van der Waals surface area (Å²) in [6, 6.07) is 8.42. The highest BCUT2D eigenvalue weighted by Crippen LogP contribution is 2.19. The predicted octanol–water partition coefficient (Wildman–Crippen LogP) is 1.03. The number of ether oxygens (including phenoxy) is 1. The smallest absolute Gasteiger partial charge is 0.336 e. The summed E-state index contributed by atoms with van der Waals surface area (Å²) in [7, 11) is 0. The fourth-order valence-electron chi connectivity index (χ4n) is 1.44. The first-order chi connectivity index (χ1) is 9.56. The highest BCUT2D eigenvalue weighted by molar-refractivity contribution is 5.70. The highest BCUT2D eigenvalue weighted by Gasteiger charge is 2.12. The van der Waals surface area contributed by atoms with E-state index in [2.05, 4.69) is 0 Å². The molecule has 0 fully saturated rings. The van der Waals surface area contributed by atoms with E-state index in [0.717, 1.165) is 0 Å². The van der Waals surface area contributed by atoms with Crippen molar-refractivity contribution in [3.05, 3.63) is 36.4 Å². The number of nitrogens with zero attached hydrogens (tertiary/aromatic N) is 1. The van der Waals surface area contributed by atoms with Gasteiger partial charge in [0.2, 0.25) is 11.8 Å². The van der Waals surface area contributed by atoms with Crippen LogP contribution in [0.2, 0.25) is 0 Å². The van der Waals surface area contributed by atoms with Crippen molar-refractivity contribution in [3.63, 3.8) is 0 Å². The predicted molar refractivity (Wildman–Crippen MR) is 67.6 cm³/mol. The van der Waals surface area contributed by atoms with E-state index in [1.165, 1.54) is 24.3 Å². The number of benzene rings is 1. The third kappa shape index (κ3) is 3.35. The summed E-state index contributed by atoms with van der Waals surface area (Å²) in [5, 5.41) is 27.6. The van der Waals surface area contributed by atoms with Crippen LogP contribution in [-0.2, 0) is 4.79 Å². The van der Waals surface area contributed by atoms with Crippen LogP contribution in [0.5, 0.6) is 23.3 Å². The standard InChI is InChI=1S/C13H13NO6/c15-9-1-3-10(4-2-9)19-8-7-13(18)20-14-11(16)5-6-12(14)17/h1-6,15-17H,7-8H2. The number of phenols is 1. The lowest BCUT2D eigenvalue weighted by molar-refractivity contribution is -0.146. The normalized spacial score (nSPS) is 10.2. The number of hydrogen-bond donors (Lipinski definition) is 3. The molecule has 0 saturated heterocycles. The first kappa shape index (κ1) is 13.6. The lowest BCUT2D eigenvalue weighted by Gasteiger charge is -2.08. The van der Waals surface area contributed by atoms with Crippen molar-refractivity contribution >= 4 is 5.97 Å². The fraction of sp³-hybridized carbons (Fsp3) is 0.154. The van der Waals surface area contributed by atoms with E-state index in [-0.39, 0.29) is 30.5 Å². The zero-order chi connectivity index (χ0) is 14.5. The number of aromatic hydroxyl groups is 3. The van der Waals surface area contributed by atoms with E-state index >= 15 is 0 Å². The van der Waals surface area contributed by atoms with Crippen molar-refractivity contribution in [2.45, 2.75) is 6.42 Å². The second-order valence-corrected chi connectivity index (χ2v) is 3.90. The molecule has 1 aromatic heterocycles. The van der Waals surface area contributed by atoms with Gasteiger partial charge >= 0.3 is 5.97 Å². The topological polar surface area (TPSA) is 101 Å². The molecule has 106 valence electrons. The fourth-order valence-corrected chi connectivity index (χ4v) is 1.44. The van der Waals surface area contributed by atoms with Gasteiger partial charge in [0, 0.05) is 12.1 Å². The van der Waals surface area contributed by atoms with Gasteiger partial charge in [-0.1, -0.05) is 0 Å². The second kappa shape index (κ2) is 5.87. The SMILES string of the molecule is O=C(CCOc1ccc(O)cc1)On1c(O)ccc1O. The zero-order valence-electron chi connectivity index (χ0n) is 10.4. The van der Waals surface area contributed by atoms with Crippen molar-refractivity contribution in [3.8, 4) is 23.3 Å². The van der Waals surface area contributed by atoms with Crippen LogP contribution >= 0.6 is 0 Å². The average molecular weight is 279 g/mol. The molecule has 3 N–H and O–H groups in total. The number of carbonyl (C=O) groups excluding carboxylic acids is 1. The van der Waals surface area contributed by atoms with Crippen molar-refractivity contribution in [2.24, 2.45) is 0 Å². The van der Waals surface area contributed by atoms with Crippen LogP contribution in [-0.4, -0.2) is 32.6 Å². The van der Waals surface area contributed by atoms with Gasteiger partial charge < -0.3 is 24.9 Å². The van der Waals surface area contributed by atoms with Crippen LogP contribution in [0, 0.1) is 0 Å². The molecule has 7 nitrogen and oxygen atoms in total. The Labute approximate surface area is 114 Å². The summed E-state index contributed by atoms with van der Waals surface area (Å²) in [6.45, 7) is 0.0619. The van der Waals surface area contributed by atoms with Crippen molar-refractivity contribution in [2.75, 3.05) is 6.61 Å². The molecule has 0 aliphatic heterocycles. The maximum atomic E-state index is 11.5. The highest BCUT2D eigenvalue weighted by atomic mass is 16.7. The molecule has 0 aliphatic rings. The van der Waals surface area contributed by atoms with Crippen LogP contribution in [0.4, 0.5) is 0 Å². The molecule has 0 atom stereocenters. The number of rotatable bonds is 5. The molecule has 0 spiro atoms. The summed E-state index contributed by atoms with van der Waals surface area (Å²) in [6.07, 6.45) is -0.0715. The number of carbonyl (C=O) groups is 1. The van der Waals surface area contributed by atoms with Crippen LogP contribution in [0.3, 0.4) is 0 Å². The Kier molecular flexibility index (Phi) is 3.99. The van der Waals surface area contributed by atoms with E-state index in [1.807, 2.05) is 0 Å². The van der Waals surface area contributed by atoms with E-state index in [9.17, 15) is 15.0 Å². The Morgan fingerprint density at radius 3 is 2.20 bits per heavy atom. The number of phenolic OH excluding ortho intramolecular Hbond substituents is 1. The summed E-state index contributed by atoms with van der Waals surface area (Å²) in [5.74, 6) is -0.811. The van der Waals surface area contributed by atoms with Gasteiger partial charge in [0.15, 0.2) is 0 Å². The van der Waals surface area contributed by atoms with E-state index in [1.54, 1.807) is 12.1 Å². The minimum atomic E-state index is -0.675. The van der Waals surface area contributed by atoms with Crippen LogP contribution in [0.15, 0.2) is 36.4 Å². The first-order valence-electron chi connectivity index (χ1n) is 5.79. The molecular weight excluding hydrogens is 266 g/mol. The van der Waals surface area contributed by atoms with Gasteiger partial charge in [-0.05, 0) is 24.3 Å². The van der Waals surface area contributed by atoms with Gasteiger partial charge in [-0.2, -0.15) is 0 Å². The zero-order valence-corrected chi connectivity index (χ0v) is 10.4. The molecule has 0 aliphatic carbocycles. The van der Waals surface area contributed by atoms with Crippen LogP contribution < -0.4 is 9.57 Å². The lowest BCUT2D eigenvalue weighted by Crippen LogP contribution is -2.20. The van der Waals surface area contributed by atoms with Crippen LogP contribution in [0.1, 0.15) is 6.42 Å². The lowest BCUT2D eigenvalue weighted by atomic mass is 10.3. The maximum Gasteiger partial charge on any atom is 0.336 e. The number of hydrogen-bond acceptors (Lipinski definition) is 6. The monoisotopic (exact) mass is 279 g/mol. The largest absolute Gasteiger partial charge is 0.508 e. The van der Waals surface area contributed by atoms with Gasteiger partial charge in [-0.25, -0.2) is 4.79 Å². The molecule has 0 radical (unpaired) electrons. The van der Waals surface area contributed by atoms with Gasteiger partial charge in [0.1, 0.15) is 11.5 Å². The minimum absolute atomic E-state index is 0.0619. The molecule has 2 aromatic rings. The summed E-state index contributed by atoms with van der Waals surface area (Å²) in [4.78, 5) is 16.2. The minimum Gasteiger partial charge on any atom is -0.508 e. The summed E-state index contributed by atoms with van der Waals surface area (Å²) in [5.41, 5.74) is 0.